The van der Waals surface area contributed by atoms with Gasteiger partial charge in [0, 0.05) is 11.0 Å². The number of hydrogen-bond donors (Lipinski definition) is 1. The summed E-state index contributed by atoms with van der Waals surface area (Å²) in [4.78, 5) is 30.8. The van der Waals surface area contributed by atoms with E-state index >= 15 is 0 Å². The molecule has 0 saturated carbocycles. The molecular weight excluding hydrogens is 516 g/mol. The van der Waals surface area contributed by atoms with Gasteiger partial charge in [0.05, 0.1) is 16.2 Å². The minimum atomic E-state index is -1.02. The first-order chi connectivity index (χ1) is 16.4. The third kappa shape index (κ3) is 5.76. The number of halogens is 1. The molecule has 0 aromatic heterocycles. The minimum absolute atomic E-state index is 0.129. The highest BCUT2D eigenvalue weighted by Crippen LogP contribution is 2.34. The van der Waals surface area contributed by atoms with Gasteiger partial charge in [-0.05, 0) is 78.4 Å². The van der Waals surface area contributed by atoms with E-state index in [-0.39, 0.29) is 11.5 Å². The van der Waals surface area contributed by atoms with Crippen LogP contribution in [0.4, 0.5) is 5.69 Å². The van der Waals surface area contributed by atoms with E-state index in [4.69, 9.17) is 4.74 Å². The molecule has 6 nitrogen and oxygen atoms in total. The number of thioether (sulfide) groups is 1. The number of carbonyl (C=O) groups excluding carboxylic acids is 1. The first-order valence-electron chi connectivity index (χ1n) is 10.5. The van der Waals surface area contributed by atoms with Crippen LogP contribution in [0.15, 0.2) is 87.2 Å². The summed E-state index contributed by atoms with van der Waals surface area (Å²) in [5, 5.41) is 9.72. The topological polar surface area (TPSA) is 79.2 Å². The first-order valence-corrected chi connectivity index (χ1v) is 12.1. The summed E-state index contributed by atoms with van der Waals surface area (Å²) >= 11 is 4.70. The number of ether oxygens (including phenoxy) is 1. The van der Waals surface area contributed by atoms with E-state index in [0.717, 1.165) is 21.3 Å². The number of aromatic carboxylic acids is 1. The molecule has 0 aliphatic carbocycles. The lowest BCUT2D eigenvalue weighted by Crippen LogP contribution is -2.28. The van der Waals surface area contributed by atoms with Gasteiger partial charge in [-0.3, -0.25) is 9.69 Å². The second-order valence-electron chi connectivity index (χ2n) is 7.39. The van der Waals surface area contributed by atoms with Crippen molar-refractivity contribution in [2.24, 2.45) is 4.99 Å². The fourth-order valence-electron chi connectivity index (χ4n) is 3.25. The number of carbonyl (C=O) groups is 2. The van der Waals surface area contributed by atoms with E-state index in [2.05, 4.69) is 20.9 Å². The van der Waals surface area contributed by atoms with Crippen molar-refractivity contribution in [3.8, 4) is 5.75 Å². The van der Waals surface area contributed by atoms with Crippen molar-refractivity contribution in [3.05, 3.63) is 98.9 Å². The van der Waals surface area contributed by atoms with Crippen LogP contribution in [-0.4, -0.2) is 33.6 Å². The SMILES string of the molecule is CCN1C(=O)/C(=C/c2ccc(OCc3ccc(Br)cc3)cc2)SC1=Nc1cccc(C(=O)O)c1. The predicted molar refractivity (Wildman–Crippen MR) is 138 cm³/mol. The fraction of sp³-hybridized carbons (Fsp3) is 0.115. The van der Waals surface area contributed by atoms with Crippen LogP contribution in [0.3, 0.4) is 0 Å². The number of benzene rings is 3. The summed E-state index contributed by atoms with van der Waals surface area (Å²) in [6.45, 7) is 2.81. The zero-order valence-electron chi connectivity index (χ0n) is 18.3. The molecular formula is C26H21BrN2O4S. The molecule has 3 aromatic carbocycles. The molecule has 1 saturated heterocycles. The number of carboxylic acids is 1. The standard InChI is InChI=1S/C26H21BrN2O4S/c1-2-29-24(30)23(34-26(29)28-21-5-3-4-19(15-21)25(31)32)14-17-8-12-22(13-9-17)33-16-18-6-10-20(27)11-7-18/h3-15H,2,16H2,1H3,(H,31,32)/b23-14-,28-26?. The summed E-state index contributed by atoms with van der Waals surface area (Å²) < 4.78 is 6.87. The molecule has 1 amide bonds. The van der Waals surface area contributed by atoms with Gasteiger partial charge in [0.1, 0.15) is 12.4 Å². The third-order valence-electron chi connectivity index (χ3n) is 5.02. The molecule has 0 unspecified atom stereocenters. The predicted octanol–water partition coefficient (Wildman–Crippen LogP) is 6.35. The molecule has 1 heterocycles. The van der Waals surface area contributed by atoms with Crippen LogP contribution in [0.1, 0.15) is 28.4 Å². The number of amides is 1. The van der Waals surface area contributed by atoms with Gasteiger partial charge in [-0.15, -0.1) is 0 Å². The van der Waals surface area contributed by atoms with E-state index in [1.807, 2.05) is 61.5 Å². The van der Waals surface area contributed by atoms with Gasteiger partial charge in [-0.2, -0.15) is 0 Å². The van der Waals surface area contributed by atoms with Crippen molar-refractivity contribution >= 4 is 56.5 Å². The molecule has 34 heavy (non-hydrogen) atoms. The fourth-order valence-corrected chi connectivity index (χ4v) is 4.57. The molecule has 1 aliphatic rings. The molecule has 172 valence electrons. The molecule has 8 heteroatoms. The van der Waals surface area contributed by atoms with Gasteiger partial charge in [-0.1, -0.05) is 46.3 Å². The van der Waals surface area contributed by atoms with Crippen LogP contribution in [0.5, 0.6) is 5.75 Å². The summed E-state index contributed by atoms with van der Waals surface area (Å²) in [6, 6.07) is 21.9. The zero-order valence-corrected chi connectivity index (χ0v) is 20.7. The summed E-state index contributed by atoms with van der Waals surface area (Å²) in [6.07, 6.45) is 1.82. The van der Waals surface area contributed by atoms with E-state index in [0.29, 0.717) is 28.9 Å². The van der Waals surface area contributed by atoms with Crippen LogP contribution in [0.25, 0.3) is 6.08 Å². The van der Waals surface area contributed by atoms with Crippen molar-refractivity contribution in [1.29, 1.82) is 0 Å². The number of carboxylic acid groups (broad SMARTS) is 1. The zero-order chi connectivity index (χ0) is 24.1. The van der Waals surface area contributed by atoms with Crippen molar-refractivity contribution < 1.29 is 19.4 Å². The highest BCUT2D eigenvalue weighted by Gasteiger charge is 2.32. The second kappa shape index (κ2) is 10.7. The molecule has 0 atom stereocenters. The lowest BCUT2D eigenvalue weighted by atomic mass is 10.2. The lowest BCUT2D eigenvalue weighted by Gasteiger charge is -2.12. The van der Waals surface area contributed by atoms with Crippen LogP contribution in [0.2, 0.25) is 0 Å². The molecule has 0 bridgehead atoms. The lowest BCUT2D eigenvalue weighted by molar-refractivity contribution is -0.122. The Morgan fingerprint density at radius 2 is 1.85 bits per heavy atom. The Morgan fingerprint density at radius 1 is 1.12 bits per heavy atom. The minimum Gasteiger partial charge on any atom is -0.489 e. The van der Waals surface area contributed by atoms with E-state index < -0.39 is 5.97 Å². The maximum atomic E-state index is 12.9. The Kier molecular flexibility index (Phi) is 7.49. The number of rotatable bonds is 7. The number of likely N-dealkylation sites (N-methyl/N-ethyl adjacent to an activating group) is 1. The van der Waals surface area contributed by atoms with Crippen molar-refractivity contribution in [1.82, 2.24) is 4.90 Å². The molecule has 1 fully saturated rings. The van der Waals surface area contributed by atoms with Crippen LogP contribution >= 0.6 is 27.7 Å². The van der Waals surface area contributed by atoms with E-state index in [9.17, 15) is 14.7 Å². The molecule has 4 rings (SSSR count). The monoisotopic (exact) mass is 536 g/mol. The Morgan fingerprint density at radius 3 is 2.53 bits per heavy atom. The van der Waals surface area contributed by atoms with Crippen LogP contribution in [0, 0.1) is 0 Å². The molecule has 0 radical (unpaired) electrons. The maximum absolute atomic E-state index is 12.9. The smallest absolute Gasteiger partial charge is 0.335 e. The molecule has 0 spiro atoms. The molecule has 3 aromatic rings. The normalized spacial score (nSPS) is 15.8. The van der Waals surface area contributed by atoms with Crippen LogP contribution in [-0.2, 0) is 11.4 Å². The number of aliphatic imine (C=N–C) groups is 1. The first kappa shape index (κ1) is 23.8. The Hall–Kier alpha value is -3.36. The summed E-state index contributed by atoms with van der Waals surface area (Å²) in [5.41, 5.74) is 2.58. The van der Waals surface area contributed by atoms with Crippen molar-refractivity contribution in [3.63, 3.8) is 0 Å². The highest BCUT2D eigenvalue weighted by atomic mass is 79.9. The summed E-state index contributed by atoms with van der Waals surface area (Å²) in [5.74, 6) is -0.406. The number of amidine groups is 1. The van der Waals surface area contributed by atoms with Gasteiger partial charge in [0.25, 0.3) is 5.91 Å². The maximum Gasteiger partial charge on any atom is 0.335 e. The van der Waals surface area contributed by atoms with Crippen molar-refractivity contribution in [2.75, 3.05) is 6.54 Å². The largest absolute Gasteiger partial charge is 0.489 e. The van der Waals surface area contributed by atoms with Gasteiger partial charge < -0.3 is 9.84 Å². The Balaban J connectivity index is 1.48. The van der Waals surface area contributed by atoms with Gasteiger partial charge in [0.2, 0.25) is 0 Å². The average molecular weight is 537 g/mol. The Bertz CT molecular complexity index is 1270. The molecule has 1 N–H and O–H groups in total. The number of hydrogen-bond acceptors (Lipinski definition) is 5. The third-order valence-corrected chi connectivity index (χ3v) is 6.55. The van der Waals surface area contributed by atoms with Gasteiger partial charge >= 0.3 is 5.97 Å². The van der Waals surface area contributed by atoms with Crippen LogP contribution < -0.4 is 4.74 Å². The Labute approximate surface area is 210 Å². The second-order valence-corrected chi connectivity index (χ2v) is 9.32. The average Bonchev–Trinajstić information content (AvgIpc) is 3.13. The number of nitrogens with zero attached hydrogens (tertiary/aromatic N) is 2. The molecule has 1 aliphatic heterocycles. The quantitative estimate of drug-likeness (QED) is 0.356. The summed E-state index contributed by atoms with van der Waals surface area (Å²) in [7, 11) is 0. The van der Waals surface area contributed by atoms with Gasteiger partial charge in [0.15, 0.2) is 5.17 Å². The van der Waals surface area contributed by atoms with E-state index in [1.54, 1.807) is 17.0 Å². The highest BCUT2D eigenvalue weighted by molar-refractivity contribution is 9.10. The van der Waals surface area contributed by atoms with Gasteiger partial charge in [-0.25, -0.2) is 9.79 Å². The van der Waals surface area contributed by atoms with E-state index in [1.165, 1.54) is 23.9 Å². The van der Waals surface area contributed by atoms with Crippen molar-refractivity contribution in [2.45, 2.75) is 13.5 Å².